The van der Waals surface area contributed by atoms with E-state index in [4.69, 9.17) is 16.7 Å². The molecule has 1 amide bonds. The summed E-state index contributed by atoms with van der Waals surface area (Å²) in [4.78, 5) is 13.5. The van der Waals surface area contributed by atoms with Gasteiger partial charge in [0.1, 0.15) is 0 Å². The summed E-state index contributed by atoms with van der Waals surface area (Å²) in [6.07, 6.45) is 0.861. The first-order chi connectivity index (χ1) is 8.07. The minimum atomic E-state index is -0.0603. The van der Waals surface area contributed by atoms with Crippen LogP contribution in [0.4, 0.5) is 0 Å². The number of benzene rings is 1. The minimum Gasteiger partial charge on any atom is -0.396 e. The molecule has 0 aliphatic rings. The van der Waals surface area contributed by atoms with Gasteiger partial charge in [-0.1, -0.05) is 29.8 Å². The summed E-state index contributed by atoms with van der Waals surface area (Å²) in [5.41, 5.74) is 0.939. The third-order valence-corrected chi connectivity index (χ3v) is 3.22. The monoisotopic (exact) mass is 255 g/mol. The number of hydrogen-bond acceptors (Lipinski definition) is 2. The molecule has 4 heteroatoms. The average Bonchev–Trinajstić information content (AvgIpc) is 2.34. The smallest absolute Gasteiger partial charge is 0.222 e. The quantitative estimate of drug-likeness (QED) is 0.879. The van der Waals surface area contributed by atoms with Gasteiger partial charge in [0, 0.05) is 25.1 Å². The van der Waals surface area contributed by atoms with Crippen molar-refractivity contribution in [1.29, 1.82) is 0 Å². The number of aliphatic hydroxyl groups excluding tert-OH is 1. The number of hydrogen-bond donors (Lipinski definition) is 1. The summed E-state index contributed by atoms with van der Waals surface area (Å²) < 4.78 is 0. The van der Waals surface area contributed by atoms with Crippen molar-refractivity contribution in [3.63, 3.8) is 0 Å². The highest BCUT2D eigenvalue weighted by molar-refractivity contribution is 6.31. The molecule has 0 aromatic heterocycles. The first-order valence-electron chi connectivity index (χ1n) is 5.69. The first-order valence-corrected chi connectivity index (χ1v) is 6.06. The molecule has 1 aromatic rings. The van der Waals surface area contributed by atoms with Crippen LogP contribution >= 0.6 is 11.6 Å². The van der Waals surface area contributed by atoms with Crippen molar-refractivity contribution in [2.24, 2.45) is 0 Å². The van der Waals surface area contributed by atoms with Gasteiger partial charge in [-0.2, -0.15) is 0 Å². The van der Waals surface area contributed by atoms with Crippen LogP contribution in [0.15, 0.2) is 24.3 Å². The number of nitrogens with zero attached hydrogens (tertiary/aromatic N) is 1. The van der Waals surface area contributed by atoms with E-state index in [0.717, 1.165) is 5.56 Å². The summed E-state index contributed by atoms with van der Waals surface area (Å²) >= 11 is 6.09. The Bertz CT molecular complexity index is 381. The van der Waals surface area contributed by atoms with Crippen LogP contribution in [0.1, 0.15) is 31.4 Å². The third-order valence-electron chi connectivity index (χ3n) is 2.88. The van der Waals surface area contributed by atoms with Crippen molar-refractivity contribution in [3.8, 4) is 0 Å². The zero-order valence-electron chi connectivity index (χ0n) is 10.2. The molecular weight excluding hydrogens is 238 g/mol. The number of carbonyl (C=O) groups excluding carboxylic acids is 1. The van der Waals surface area contributed by atoms with E-state index in [0.29, 0.717) is 17.9 Å². The fourth-order valence-electron chi connectivity index (χ4n) is 1.65. The normalized spacial score (nSPS) is 12.2. The van der Waals surface area contributed by atoms with Crippen molar-refractivity contribution in [2.75, 3.05) is 13.7 Å². The van der Waals surface area contributed by atoms with E-state index < -0.39 is 0 Å². The minimum absolute atomic E-state index is 0.0199. The summed E-state index contributed by atoms with van der Waals surface area (Å²) in [6, 6.07) is 7.45. The van der Waals surface area contributed by atoms with Crippen LogP contribution in [0, 0.1) is 0 Å². The van der Waals surface area contributed by atoms with Gasteiger partial charge in [-0.05, 0) is 25.0 Å². The molecule has 17 heavy (non-hydrogen) atoms. The molecule has 1 atom stereocenters. The maximum Gasteiger partial charge on any atom is 0.222 e. The summed E-state index contributed by atoms with van der Waals surface area (Å²) in [5, 5.41) is 9.37. The molecule has 1 N–H and O–H groups in total. The van der Waals surface area contributed by atoms with Gasteiger partial charge in [0.15, 0.2) is 0 Å². The van der Waals surface area contributed by atoms with Gasteiger partial charge >= 0.3 is 0 Å². The van der Waals surface area contributed by atoms with Crippen LogP contribution < -0.4 is 0 Å². The van der Waals surface area contributed by atoms with E-state index in [1.807, 2.05) is 31.2 Å². The van der Waals surface area contributed by atoms with Crippen LogP contribution in [-0.2, 0) is 4.79 Å². The van der Waals surface area contributed by atoms with Gasteiger partial charge in [-0.15, -0.1) is 0 Å². The molecule has 0 bridgehead atoms. The fourth-order valence-corrected chi connectivity index (χ4v) is 1.94. The highest BCUT2D eigenvalue weighted by Crippen LogP contribution is 2.26. The average molecular weight is 256 g/mol. The molecular formula is C13H18ClNO2. The maximum absolute atomic E-state index is 11.8. The third kappa shape index (κ3) is 3.72. The molecule has 0 heterocycles. The molecule has 0 aliphatic heterocycles. The Labute approximate surface area is 107 Å². The number of halogens is 1. The lowest BCUT2D eigenvalue weighted by Crippen LogP contribution is -2.29. The largest absolute Gasteiger partial charge is 0.396 e. The van der Waals surface area contributed by atoms with Crippen molar-refractivity contribution >= 4 is 17.5 Å². The van der Waals surface area contributed by atoms with Crippen LogP contribution in [0.25, 0.3) is 0 Å². The van der Waals surface area contributed by atoms with Crippen molar-refractivity contribution in [1.82, 2.24) is 4.90 Å². The molecule has 0 radical (unpaired) electrons. The molecule has 0 spiro atoms. The van der Waals surface area contributed by atoms with Crippen LogP contribution in [0.3, 0.4) is 0 Å². The first kappa shape index (κ1) is 14.0. The van der Waals surface area contributed by atoms with Crippen LogP contribution in [0.5, 0.6) is 0 Å². The van der Waals surface area contributed by atoms with Crippen molar-refractivity contribution < 1.29 is 9.90 Å². The standard InChI is InChI=1S/C13H18ClNO2/c1-10(11-6-3-4-7-12(11)14)15(2)13(17)8-5-9-16/h3-4,6-7,10,16H,5,8-9H2,1-2H3. The van der Waals surface area contributed by atoms with Crippen molar-refractivity contribution in [3.05, 3.63) is 34.9 Å². The van der Waals surface area contributed by atoms with Gasteiger partial charge in [-0.25, -0.2) is 0 Å². The van der Waals surface area contributed by atoms with E-state index in [1.54, 1.807) is 11.9 Å². The van der Waals surface area contributed by atoms with Crippen molar-refractivity contribution in [2.45, 2.75) is 25.8 Å². The Hall–Kier alpha value is -1.06. The van der Waals surface area contributed by atoms with Gasteiger partial charge < -0.3 is 10.0 Å². The SMILES string of the molecule is CC(c1ccccc1Cl)N(C)C(=O)CCCO. The summed E-state index contributed by atoms with van der Waals surface area (Å²) in [5.74, 6) is 0.0199. The lowest BCUT2D eigenvalue weighted by atomic mass is 10.1. The fraction of sp³-hybridized carbons (Fsp3) is 0.462. The molecule has 94 valence electrons. The second kappa shape index (κ2) is 6.62. The Kier molecular flexibility index (Phi) is 5.45. The molecule has 0 aliphatic carbocycles. The number of rotatable bonds is 5. The highest BCUT2D eigenvalue weighted by atomic mass is 35.5. The molecule has 1 aromatic carbocycles. The zero-order valence-corrected chi connectivity index (χ0v) is 10.9. The second-order valence-corrected chi connectivity index (χ2v) is 4.44. The predicted octanol–water partition coefficient (Wildman–Crippen LogP) is 2.63. The number of carbonyl (C=O) groups is 1. The van der Waals surface area contributed by atoms with E-state index in [-0.39, 0.29) is 18.6 Å². The van der Waals surface area contributed by atoms with E-state index in [9.17, 15) is 4.79 Å². The van der Waals surface area contributed by atoms with Crippen LogP contribution in [0.2, 0.25) is 5.02 Å². The molecule has 1 unspecified atom stereocenters. The molecule has 0 fully saturated rings. The molecule has 0 saturated heterocycles. The Morgan fingerprint density at radius 3 is 2.71 bits per heavy atom. The Morgan fingerprint density at radius 2 is 2.12 bits per heavy atom. The van der Waals surface area contributed by atoms with Gasteiger partial charge in [0.25, 0.3) is 0 Å². The van der Waals surface area contributed by atoms with E-state index >= 15 is 0 Å². The van der Waals surface area contributed by atoms with Crippen LogP contribution in [-0.4, -0.2) is 29.6 Å². The summed E-state index contributed by atoms with van der Waals surface area (Å²) in [6.45, 7) is 1.98. The molecule has 0 saturated carbocycles. The van der Waals surface area contributed by atoms with E-state index in [2.05, 4.69) is 0 Å². The lowest BCUT2D eigenvalue weighted by molar-refractivity contribution is -0.132. The van der Waals surface area contributed by atoms with Gasteiger partial charge in [0.2, 0.25) is 5.91 Å². The zero-order chi connectivity index (χ0) is 12.8. The maximum atomic E-state index is 11.8. The summed E-state index contributed by atoms with van der Waals surface area (Å²) in [7, 11) is 1.76. The topological polar surface area (TPSA) is 40.5 Å². The molecule has 1 rings (SSSR count). The number of aliphatic hydroxyl groups is 1. The molecule has 3 nitrogen and oxygen atoms in total. The lowest BCUT2D eigenvalue weighted by Gasteiger charge is -2.26. The Balaban J connectivity index is 2.72. The number of amides is 1. The van der Waals surface area contributed by atoms with Gasteiger partial charge in [0.05, 0.1) is 6.04 Å². The van der Waals surface area contributed by atoms with Gasteiger partial charge in [-0.3, -0.25) is 4.79 Å². The predicted molar refractivity (Wildman–Crippen MR) is 69.0 cm³/mol. The highest BCUT2D eigenvalue weighted by Gasteiger charge is 2.18. The Morgan fingerprint density at radius 1 is 1.47 bits per heavy atom. The second-order valence-electron chi connectivity index (χ2n) is 4.03. The van der Waals surface area contributed by atoms with E-state index in [1.165, 1.54) is 0 Å².